The lowest BCUT2D eigenvalue weighted by Crippen LogP contribution is -2.08. The number of phenolic OH excluding ortho intramolecular Hbond substituents is 2. The van der Waals surface area contributed by atoms with Gasteiger partial charge in [0, 0.05) is 63.8 Å². The van der Waals surface area contributed by atoms with Crippen molar-refractivity contribution in [2.24, 2.45) is 0 Å². The van der Waals surface area contributed by atoms with Crippen LogP contribution in [0.25, 0.3) is 66.6 Å². The molecular formula is C49H42N6O6. The Kier molecular flexibility index (Phi) is 11.2. The number of benzene rings is 6. The number of ether oxygens (including phenoxy) is 2. The molecule has 2 heterocycles. The molecule has 0 fully saturated rings. The summed E-state index contributed by atoms with van der Waals surface area (Å²) < 4.78 is 10.7. The fourth-order valence-electron chi connectivity index (χ4n) is 7.43. The number of esters is 2. The second-order valence-electron chi connectivity index (χ2n) is 14.9. The Morgan fingerprint density at radius 1 is 0.541 bits per heavy atom. The van der Waals surface area contributed by atoms with Crippen molar-refractivity contribution in [1.82, 2.24) is 30.8 Å². The molecule has 8 rings (SSSR count). The van der Waals surface area contributed by atoms with Crippen molar-refractivity contribution >= 4 is 34.0 Å². The molecule has 0 spiro atoms. The van der Waals surface area contributed by atoms with Crippen LogP contribution in [-0.2, 0) is 38.3 Å². The first-order chi connectivity index (χ1) is 29.6. The fraction of sp³-hybridized carbons (Fsp3) is 0.143. The number of aromatic amines is 2. The summed E-state index contributed by atoms with van der Waals surface area (Å²) in [7, 11) is 0. The number of hydrogen-bond acceptors (Lipinski definition) is 10. The molecule has 0 radical (unpaired) electrons. The van der Waals surface area contributed by atoms with E-state index in [1.807, 2.05) is 109 Å². The van der Waals surface area contributed by atoms with Gasteiger partial charge in [0.15, 0.2) is 0 Å². The third-order valence-corrected chi connectivity index (χ3v) is 10.7. The highest BCUT2D eigenvalue weighted by Crippen LogP contribution is 2.46. The summed E-state index contributed by atoms with van der Waals surface area (Å²) in [5, 5.41) is 47.5. The van der Waals surface area contributed by atoms with Crippen LogP contribution < -0.4 is 0 Å². The van der Waals surface area contributed by atoms with Gasteiger partial charge in [0.2, 0.25) is 0 Å². The van der Waals surface area contributed by atoms with Crippen LogP contribution in [0.4, 0.5) is 0 Å². The molecule has 0 bridgehead atoms. The summed E-state index contributed by atoms with van der Waals surface area (Å²) in [5.41, 5.74) is 12.1. The molecule has 12 nitrogen and oxygen atoms in total. The van der Waals surface area contributed by atoms with Crippen LogP contribution in [0.3, 0.4) is 0 Å². The summed E-state index contributed by atoms with van der Waals surface area (Å²) >= 11 is 0. The highest BCUT2D eigenvalue weighted by Gasteiger charge is 2.24. The number of nitrogens with one attached hydrogen (secondary N) is 2. The van der Waals surface area contributed by atoms with Crippen LogP contribution in [0, 0.1) is 0 Å². The molecule has 0 aliphatic rings. The molecule has 2 aromatic heterocycles. The first-order valence-corrected chi connectivity index (χ1v) is 19.7. The summed E-state index contributed by atoms with van der Waals surface area (Å²) in [6.07, 6.45) is 1.14. The minimum absolute atomic E-state index is 0.0257. The maximum Gasteiger partial charge on any atom is 0.333 e. The maximum absolute atomic E-state index is 12.5. The summed E-state index contributed by atoms with van der Waals surface area (Å²) in [6, 6.07) is 34.7. The number of hydrogen-bond donors (Lipinski definition) is 4. The van der Waals surface area contributed by atoms with E-state index in [1.54, 1.807) is 13.8 Å². The number of carbonyl (C=O) groups is 2. The first-order valence-electron chi connectivity index (χ1n) is 19.7. The van der Waals surface area contributed by atoms with E-state index in [4.69, 9.17) is 9.47 Å². The lowest BCUT2D eigenvalue weighted by molar-refractivity contribution is -0.139. The van der Waals surface area contributed by atoms with Gasteiger partial charge in [-0.2, -0.15) is 0 Å². The summed E-state index contributed by atoms with van der Waals surface area (Å²) in [4.78, 5) is 23.9. The summed E-state index contributed by atoms with van der Waals surface area (Å²) in [6.45, 7) is 10.9. The van der Waals surface area contributed by atoms with E-state index in [2.05, 4.69) is 44.0 Å². The molecule has 0 amide bonds. The SMILES string of the molecule is C=C(C)C(=O)OCCc1ccc(-c2ccc(-c3cccc4[nH]nnc34)c(O)c2Cc2c(-c3ccc(CCOC(=O)C(=C)C)cc3)ccc(-c3cccc4[nH]nnc34)c2O)cc1. The van der Waals surface area contributed by atoms with Crippen LogP contribution in [0.15, 0.2) is 133 Å². The molecule has 0 atom stereocenters. The Morgan fingerprint density at radius 3 is 1.33 bits per heavy atom. The van der Waals surface area contributed by atoms with Gasteiger partial charge in [-0.05, 0) is 71.5 Å². The van der Waals surface area contributed by atoms with E-state index >= 15 is 0 Å². The molecule has 304 valence electrons. The van der Waals surface area contributed by atoms with Crippen molar-refractivity contribution in [1.29, 1.82) is 0 Å². The fourth-order valence-corrected chi connectivity index (χ4v) is 7.43. The highest BCUT2D eigenvalue weighted by molar-refractivity contribution is 5.96. The molecule has 4 N–H and O–H groups in total. The smallest absolute Gasteiger partial charge is 0.333 e. The second-order valence-corrected chi connectivity index (χ2v) is 14.9. The number of carbonyl (C=O) groups excluding carboxylic acids is 2. The Morgan fingerprint density at radius 2 is 0.934 bits per heavy atom. The van der Waals surface area contributed by atoms with Crippen LogP contribution in [0.1, 0.15) is 36.1 Å². The molecule has 6 aromatic carbocycles. The molecule has 12 heteroatoms. The summed E-state index contributed by atoms with van der Waals surface area (Å²) in [5.74, 6) is -0.809. The predicted molar refractivity (Wildman–Crippen MR) is 235 cm³/mol. The highest BCUT2D eigenvalue weighted by atomic mass is 16.5. The number of aromatic hydroxyl groups is 2. The van der Waals surface area contributed by atoms with Gasteiger partial charge in [-0.1, -0.05) is 109 Å². The van der Waals surface area contributed by atoms with E-state index in [-0.39, 0.29) is 31.1 Å². The largest absolute Gasteiger partial charge is 0.507 e. The zero-order valence-electron chi connectivity index (χ0n) is 33.7. The van der Waals surface area contributed by atoms with E-state index in [1.165, 1.54) is 0 Å². The molecule has 0 aliphatic carbocycles. The van der Waals surface area contributed by atoms with Gasteiger partial charge >= 0.3 is 11.9 Å². The Balaban J connectivity index is 1.25. The third-order valence-electron chi connectivity index (χ3n) is 10.7. The van der Waals surface area contributed by atoms with Gasteiger partial charge in [0.1, 0.15) is 22.5 Å². The van der Waals surface area contributed by atoms with Crippen molar-refractivity contribution < 1.29 is 29.3 Å². The minimum Gasteiger partial charge on any atom is -0.507 e. The van der Waals surface area contributed by atoms with Gasteiger partial charge < -0.3 is 19.7 Å². The van der Waals surface area contributed by atoms with Crippen molar-refractivity contribution in [3.05, 3.63) is 156 Å². The van der Waals surface area contributed by atoms with Crippen LogP contribution in [-0.4, -0.2) is 66.2 Å². The van der Waals surface area contributed by atoms with Crippen LogP contribution >= 0.6 is 0 Å². The minimum atomic E-state index is -0.430. The number of phenols is 2. The van der Waals surface area contributed by atoms with Crippen molar-refractivity contribution in [3.8, 4) is 56.0 Å². The lowest BCUT2D eigenvalue weighted by Gasteiger charge is -2.20. The van der Waals surface area contributed by atoms with E-state index in [0.29, 0.717) is 68.4 Å². The average Bonchev–Trinajstić information content (AvgIpc) is 3.96. The van der Waals surface area contributed by atoms with Gasteiger partial charge in [0.05, 0.1) is 24.2 Å². The quantitative estimate of drug-likeness (QED) is 0.0612. The second kappa shape index (κ2) is 17.2. The molecule has 8 aromatic rings. The zero-order valence-corrected chi connectivity index (χ0v) is 33.7. The number of fused-ring (bicyclic) bond motifs is 2. The standard InChI is InChI=1S/C49H42N6O6/c1-28(2)48(58)60-25-23-30-11-15-32(16-12-30)34-19-21-38(36-7-5-9-42-44(36)52-54-50-42)46(56)40(34)27-41-35(33-17-13-31(14-18-33)24-26-61-49(59)29(3)4)20-22-39(47(41)57)37-8-6-10-43-45(37)53-55-51-43/h5-22,56-57H,1,3,23-27H2,2,4H3,(H,50,52,54)(H,51,53,55). The van der Waals surface area contributed by atoms with E-state index in [0.717, 1.165) is 44.4 Å². The first kappa shape index (κ1) is 39.9. The molecule has 0 aliphatic heterocycles. The third kappa shape index (κ3) is 8.24. The number of rotatable bonds is 14. The van der Waals surface area contributed by atoms with Gasteiger partial charge in [-0.15, -0.1) is 10.2 Å². The van der Waals surface area contributed by atoms with Crippen LogP contribution in [0.2, 0.25) is 0 Å². The average molecular weight is 811 g/mol. The molecule has 0 unspecified atom stereocenters. The molecule has 0 saturated heterocycles. The zero-order chi connectivity index (χ0) is 42.6. The normalized spacial score (nSPS) is 11.2. The Hall–Kier alpha value is -7.86. The van der Waals surface area contributed by atoms with E-state index < -0.39 is 11.9 Å². The van der Waals surface area contributed by atoms with Crippen LogP contribution in [0.5, 0.6) is 11.5 Å². The number of nitrogens with zero attached hydrogens (tertiary/aromatic N) is 4. The van der Waals surface area contributed by atoms with Crippen molar-refractivity contribution in [2.45, 2.75) is 33.1 Å². The molecular weight excluding hydrogens is 769 g/mol. The molecule has 0 saturated carbocycles. The topological polar surface area (TPSA) is 176 Å². The molecule has 61 heavy (non-hydrogen) atoms. The monoisotopic (exact) mass is 810 g/mol. The Labute approximate surface area is 351 Å². The van der Waals surface area contributed by atoms with Gasteiger partial charge in [0.25, 0.3) is 0 Å². The maximum atomic E-state index is 12.5. The van der Waals surface area contributed by atoms with Gasteiger partial charge in [-0.25, -0.2) is 9.59 Å². The lowest BCUT2D eigenvalue weighted by atomic mass is 9.85. The predicted octanol–water partition coefficient (Wildman–Crippen LogP) is 9.22. The van der Waals surface area contributed by atoms with Crippen molar-refractivity contribution in [2.75, 3.05) is 13.2 Å². The number of H-pyrrole nitrogens is 2. The Bertz CT molecular complexity index is 2770. The van der Waals surface area contributed by atoms with E-state index in [9.17, 15) is 19.8 Å². The van der Waals surface area contributed by atoms with Crippen molar-refractivity contribution in [3.63, 3.8) is 0 Å². The van der Waals surface area contributed by atoms with Gasteiger partial charge in [-0.3, -0.25) is 10.2 Å². The number of aromatic nitrogens is 6.